The van der Waals surface area contributed by atoms with Crippen LogP contribution in [0.2, 0.25) is 0 Å². The monoisotopic (exact) mass is 320 g/mol. The van der Waals surface area contributed by atoms with Crippen LogP contribution in [0.15, 0.2) is 35.7 Å². The molecule has 0 aliphatic carbocycles. The van der Waals surface area contributed by atoms with E-state index in [0.717, 1.165) is 6.54 Å². The molecule has 0 saturated carbocycles. The lowest BCUT2D eigenvalue weighted by molar-refractivity contribution is 0.103. The normalized spacial score (nSPS) is 10.5. The molecular weight excluding hydrogens is 300 g/mol. The van der Waals surface area contributed by atoms with Crippen molar-refractivity contribution in [2.75, 3.05) is 39.7 Å². The van der Waals surface area contributed by atoms with Crippen molar-refractivity contribution in [1.29, 1.82) is 0 Å². The smallest absolute Gasteiger partial charge is 0.265 e. The molecule has 1 aromatic heterocycles. The number of carbonyl (C=O) groups excluding carboxylic acids is 1. The fraction of sp³-hybridized carbons (Fsp3) is 0.312. The minimum absolute atomic E-state index is 0.126. The van der Waals surface area contributed by atoms with Crippen LogP contribution >= 0.6 is 11.3 Å². The van der Waals surface area contributed by atoms with E-state index in [2.05, 4.69) is 5.32 Å². The number of rotatable bonds is 7. The summed E-state index contributed by atoms with van der Waals surface area (Å²) < 4.78 is 11.0. The van der Waals surface area contributed by atoms with Gasteiger partial charge in [0.05, 0.1) is 12.0 Å². The Bertz CT molecular complexity index is 612. The molecule has 5 nitrogen and oxygen atoms in total. The number of thiophene rings is 1. The first kappa shape index (κ1) is 16.3. The second-order valence-corrected chi connectivity index (χ2v) is 5.90. The molecule has 0 unspecified atom stereocenters. The average molecular weight is 320 g/mol. The van der Waals surface area contributed by atoms with Crippen LogP contribution in [0.4, 0.5) is 5.69 Å². The predicted octanol–water partition coefficient (Wildman–Crippen LogP) is 2.95. The van der Waals surface area contributed by atoms with E-state index < -0.39 is 0 Å². The Balaban J connectivity index is 2.07. The molecule has 0 bridgehead atoms. The van der Waals surface area contributed by atoms with Gasteiger partial charge in [-0.25, -0.2) is 0 Å². The molecule has 0 aliphatic rings. The highest BCUT2D eigenvalue weighted by Crippen LogP contribution is 2.30. The highest BCUT2D eigenvalue weighted by molar-refractivity contribution is 7.12. The second-order valence-electron chi connectivity index (χ2n) is 4.95. The molecule has 22 heavy (non-hydrogen) atoms. The fourth-order valence-corrected chi connectivity index (χ4v) is 2.42. The van der Waals surface area contributed by atoms with Gasteiger partial charge >= 0.3 is 0 Å². The van der Waals surface area contributed by atoms with Crippen LogP contribution in [0.25, 0.3) is 0 Å². The third-order valence-corrected chi connectivity index (χ3v) is 3.83. The summed E-state index contributed by atoms with van der Waals surface area (Å²) in [5.74, 6) is 1.14. The molecule has 2 rings (SSSR count). The van der Waals surface area contributed by atoms with Crippen molar-refractivity contribution in [1.82, 2.24) is 4.90 Å². The molecule has 1 amide bonds. The number of hydrogen-bond donors (Lipinski definition) is 1. The summed E-state index contributed by atoms with van der Waals surface area (Å²) in [6.07, 6.45) is 0. The number of anilines is 1. The predicted molar refractivity (Wildman–Crippen MR) is 89.3 cm³/mol. The van der Waals surface area contributed by atoms with Crippen molar-refractivity contribution in [2.24, 2.45) is 0 Å². The summed E-state index contributed by atoms with van der Waals surface area (Å²) in [5.41, 5.74) is 0.680. The fourth-order valence-electron chi connectivity index (χ4n) is 1.81. The van der Waals surface area contributed by atoms with Crippen LogP contribution in [-0.2, 0) is 0 Å². The topological polar surface area (TPSA) is 50.8 Å². The summed E-state index contributed by atoms with van der Waals surface area (Å²) in [7, 11) is 5.56. The number of nitrogens with zero attached hydrogens (tertiary/aromatic N) is 1. The highest BCUT2D eigenvalue weighted by atomic mass is 32.1. The number of benzene rings is 1. The number of ether oxygens (including phenoxy) is 2. The third kappa shape index (κ3) is 4.47. The SMILES string of the molecule is COc1ccc(NC(=O)c2cccs2)cc1OCCN(C)C. The van der Waals surface area contributed by atoms with Gasteiger partial charge in [0, 0.05) is 18.3 Å². The van der Waals surface area contributed by atoms with E-state index in [1.165, 1.54) is 11.3 Å². The van der Waals surface area contributed by atoms with E-state index in [9.17, 15) is 4.79 Å². The Morgan fingerprint density at radius 2 is 2.09 bits per heavy atom. The lowest BCUT2D eigenvalue weighted by Gasteiger charge is -2.14. The second kappa shape index (κ2) is 7.82. The molecule has 118 valence electrons. The van der Waals surface area contributed by atoms with E-state index in [-0.39, 0.29) is 5.91 Å². The molecule has 0 spiro atoms. The molecule has 0 atom stereocenters. The third-order valence-electron chi connectivity index (χ3n) is 2.96. The zero-order valence-corrected chi connectivity index (χ0v) is 13.8. The van der Waals surface area contributed by atoms with Gasteiger partial charge < -0.3 is 19.7 Å². The molecule has 1 N–H and O–H groups in total. The van der Waals surface area contributed by atoms with E-state index in [4.69, 9.17) is 9.47 Å². The first-order valence-electron chi connectivity index (χ1n) is 6.90. The average Bonchev–Trinajstić information content (AvgIpc) is 3.01. The van der Waals surface area contributed by atoms with Crippen LogP contribution < -0.4 is 14.8 Å². The van der Waals surface area contributed by atoms with Gasteiger partial charge in [-0.1, -0.05) is 6.07 Å². The number of amides is 1. The summed E-state index contributed by atoms with van der Waals surface area (Å²) in [6.45, 7) is 1.35. The minimum atomic E-state index is -0.126. The highest BCUT2D eigenvalue weighted by Gasteiger charge is 2.10. The zero-order valence-electron chi connectivity index (χ0n) is 13.0. The minimum Gasteiger partial charge on any atom is -0.493 e. The van der Waals surface area contributed by atoms with E-state index in [0.29, 0.717) is 28.7 Å². The largest absolute Gasteiger partial charge is 0.493 e. The maximum Gasteiger partial charge on any atom is 0.265 e. The van der Waals surface area contributed by atoms with Gasteiger partial charge in [0.15, 0.2) is 11.5 Å². The van der Waals surface area contributed by atoms with Crippen LogP contribution in [0.1, 0.15) is 9.67 Å². The summed E-state index contributed by atoms with van der Waals surface area (Å²) in [4.78, 5) is 14.8. The molecular formula is C16H20N2O3S. The Labute approximate surface area is 134 Å². The molecule has 1 aromatic carbocycles. The van der Waals surface area contributed by atoms with Crippen molar-refractivity contribution in [3.05, 3.63) is 40.6 Å². The summed E-state index contributed by atoms with van der Waals surface area (Å²) in [6, 6.07) is 9.00. The molecule has 6 heteroatoms. The Morgan fingerprint density at radius 1 is 1.27 bits per heavy atom. The Kier molecular flexibility index (Phi) is 5.80. The Hall–Kier alpha value is -2.05. The van der Waals surface area contributed by atoms with E-state index in [1.807, 2.05) is 30.4 Å². The number of likely N-dealkylation sites (N-methyl/N-ethyl adjacent to an activating group) is 1. The quantitative estimate of drug-likeness (QED) is 0.852. The van der Waals surface area contributed by atoms with Gasteiger partial charge in [-0.3, -0.25) is 4.79 Å². The van der Waals surface area contributed by atoms with Crippen LogP contribution in [-0.4, -0.2) is 45.2 Å². The van der Waals surface area contributed by atoms with Crippen LogP contribution in [0.5, 0.6) is 11.5 Å². The van der Waals surface area contributed by atoms with Gasteiger partial charge in [0.2, 0.25) is 0 Å². The molecule has 0 saturated heterocycles. The van der Waals surface area contributed by atoms with Crippen molar-refractivity contribution < 1.29 is 14.3 Å². The van der Waals surface area contributed by atoms with E-state index in [1.54, 1.807) is 31.4 Å². The number of carbonyl (C=O) groups is 1. The van der Waals surface area contributed by atoms with Crippen molar-refractivity contribution >= 4 is 22.9 Å². The van der Waals surface area contributed by atoms with Gasteiger partial charge in [0.1, 0.15) is 6.61 Å². The van der Waals surface area contributed by atoms with Gasteiger partial charge in [-0.15, -0.1) is 11.3 Å². The lowest BCUT2D eigenvalue weighted by atomic mass is 10.2. The zero-order chi connectivity index (χ0) is 15.9. The van der Waals surface area contributed by atoms with E-state index >= 15 is 0 Å². The number of methoxy groups -OCH3 is 1. The maximum absolute atomic E-state index is 12.1. The summed E-state index contributed by atoms with van der Waals surface area (Å²) in [5, 5.41) is 4.73. The first-order chi connectivity index (χ1) is 10.6. The number of nitrogens with one attached hydrogen (secondary N) is 1. The molecule has 1 heterocycles. The molecule has 0 aliphatic heterocycles. The number of hydrogen-bond acceptors (Lipinski definition) is 5. The maximum atomic E-state index is 12.1. The first-order valence-corrected chi connectivity index (χ1v) is 7.78. The van der Waals surface area contributed by atoms with Gasteiger partial charge in [-0.2, -0.15) is 0 Å². The molecule has 0 fully saturated rings. The van der Waals surface area contributed by atoms with Gasteiger partial charge in [-0.05, 0) is 37.7 Å². The van der Waals surface area contributed by atoms with Crippen molar-refractivity contribution in [2.45, 2.75) is 0 Å². The molecule has 0 radical (unpaired) electrons. The standard InChI is InChI=1S/C16H20N2O3S/c1-18(2)8-9-21-14-11-12(6-7-13(14)20-3)17-16(19)15-5-4-10-22-15/h4-7,10-11H,8-9H2,1-3H3,(H,17,19). The summed E-state index contributed by atoms with van der Waals surface area (Å²) >= 11 is 1.41. The van der Waals surface area contributed by atoms with Crippen LogP contribution in [0, 0.1) is 0 Å². The lowest BCUT2D eigenvalue weighted by Crippen LogP contribution is -2.19. The Morgan fingerprint density at radius 3 is 2.73 bits per heavy atom. The van der Waals surface area contributed by atoms with Crippen molar-refractivity contribution in [3.8, 4) is 11.5 Å². The van der Waals surface area contributed by atoms with Crippen molar-refractivity contribution in [3.63, 3.8) is 0 Å². The molecule has 2 aromatic rings. The van der Waals surface area contributed by atoms with Gasteiger partial charge in [0.25, 0.3) is 5.91 Å². The van der Waals surface area contributed by atoms with Crippen LogP contribution in [0.3, 0.4) is 0 Å².